The number of H-pyrrole nitrogens is 1. The number of aryl methyl sites for hydroxylation is 1. The number of amides is 1. The number of benzene rings is 1. The van der Waals surface area contributed by atoms with Crippen molar-refractivity contribution in [2.24, 2.45) is 5.92 Å². The van der Waals surface area contributed by atoms with Crippen LogP contribution in [0.3, 0.4) is 0 Å². The summed E-state index contributed by atoms with van der Waals surface area (Å²) in [6, 6.07) is 9.63. The van der Waals surface area contributed by atoms with Crippen LogP contribution >= 0.6 is 0 Å². The lowest BCUT2D eigenvalue weighted by atomic mass is 10.0. The van der Waals surface area contributed by atoms with Gasteiger partial charge >= 0.3 is 0 Å². The molecule has 1 atom stereocenters. The Balaban J connectivity index is 1.35. The first-order valence-corrected chi connectivity index (χ1v) is 8.24. The van der Waals surface area contributed by atoms with E-state index in [1.54, 1.807) is 6.33 Å². The average Bonchev–Trinajstić information content (AvgIpc) is 3.25. The molecule has 2 heterocycles. The Hall–Kier alpha value is -2.30. The second kappa shape index (κ2) is 7.81. The lowest BCUT2D eigenvalue weighted by Crippen LogP contribution is -2.29. The van der Waals surface area contributed by atoms with Gasteiger partial charge in [0, 0.05) is 25.0 Å². The van der Waals surface area contributed by atoms with Crippen LogP contribution in [-0.2, 0) is 11.2 Å². The number of para-hydroxylation sites is 1. The van der Waals surface area contributed by atoms with Crippen molar-refractivity contribution >= 4 is 5.91 Å². The van der Waals surface area contributed by atoms with E-state index in [-0.39, 0.29) is 5.91 Å². The molecule has 1 aliphatic heterocycles. The van der Waals surface area contributed by atoms with Gasteiger partial charge in [-0.3, -0.25) is 4.79 Å². The van der Waals surface area contributed by atoms with Gasteiger partial charge in [-0.15, -0.1) is 0 Å². The van der Waals surface area contributed by atoms with E-state index < -0.39 is 0 Å². The Morgan fingerprint density at radius 2 is 2.22 bits per heavy atom. The van der Waals surface area contributed by atoms with Gasteiger partial charge in [-0.25, -0.2) is 4.98 Å². The number of ether oxygens (including phenoxy) is 1. The molecule has 1 aromatic carbocycles. The van der Waals surface area contributed by atoms with Crippen molar-refractivity contribution in [2.75, 3.05) is 19.7 Å². The number of nitrogens with zero attached hydrogens (tertiary/aromatic N) is 2. The lowest BCUT2D eigenvalue weighted by molar-refractivity contribution is -0.130. The van der Waals surface area contributed by atoms with Crippen LogP contribution in [0.15, 0.2) is 42.9 Å². The molecule has 0 saturated carbocycles. The molecule has 1 amide bonds. The van der Waals surface area contributed by atoms with E-state index >= 15 is 0 Å². The molecule has 1 N–H and O–H groups in total. The molecule has 2 aromatic rings. The number of likely N-dealkylation sites (tertiary alicyclic amines) is 1. The molecule has 5 heteroatoms. The SMILES string of the molecule is O=C(CCOc1ccccc1)N1CCC(CCc2cnc[nH]2)C1. The summed E-state index contributed by atoms with van der Waals surface area (Å²) in [5.74, 6) is 1.61. The Kier molecular flexibility index (Phi) is 5.29. The minimum absolute atomic E-state index is 0.199. The fourth-order valence-corrected chi connectivity index (χ4v) is 3.01. The highest BCUT2D eigenvalue weighted by molar-refractivity contribution is 5.76. The Labute approximate surface area is 136 Å². The van der Waals surface area contributed by atoms with Gasteiger partial charge in [0.1, 0.15) is 5.75 Å². The molecule has 0 bridgehead atoms. The highest BCUT2D eigenvalue weighted by Gasteiger charge is 2.25. The van der Waals surface area contributed by atoms with Gasteiger partial charge in [0.2, 0.25) is 5.91 Å². The fraction of sp³-hybridized carbons (Fsp3) is 0.444. The van der Waals surface area contributed by atoms with Crippen molar-refractivity contribution < 1.29 is 9.53 Å². The highest BCUT2D eigenvalue weighted by atomic mass is 16.5. The van der Waals surface area contributed by atoms with E-state index in [1.165, 1.54) is 5.69 Å². The maximum Gasteiger partial charge on any atom is 0.226 e. The topological polar surface area (TPSA) is 58.2 Å². The van der Waals surface area contributed by atoms with Gasteiger partial charge in [0.25, 0.3) is 0 Å². The minimum atomic E-state index is 0.199. The van der Waals surface area contributed by atoms with Crippen LogP contribution < -0.4 is 4.74 Å². The molecule has 3 rings (SSSR count). The molecule has 1 unspecified atom stereocenters. The number of rotatable bonds is 7. The first kappa shape index (κ1) is 15.6. The molecule has 1 fully saturated rings. The number of carbonyl (C=O) groups is 1. The molecular formula is C18H23N3O2. The number of carbonyl (C=O) groups excluding carboxylic acids is 1. The summed E-state index contributed by atoms with van der Waals surface area (Å²) >= 11 is 0. The van der Waals surface area contributed by atoms with Crippen LogP contribution in [0.5, 0.6) is 5.75 Å². The quantitative estimate of drug-likeness (QED) is 0.855. The molecule has 23 heavy (non-hydrogen) atoms. The molecule has 122 valence electrons. The van der Waals surface area contributed by atoms with Gasteiger partial charge < -0.3 is 14.6 Å². The summed E-state index contributed by atoms with van der Waals surface area (Å²) in [6.45, 7) is 2.19. The van der Waals surface area contributed by atoms with Gasteiger partial charge in [0.15, 0.2) is 0 Å². The Morgan fingerprint density at radius 1 is 1.35 bits per heavy atom. The zero-order chi connectivity index (χ0) is 15.9. The predicted molar refractivity (Wildman–Crippen MR) is 88.1 cm³/mol. The highest BCUT2D eigenvalue weighted by Crippen LogP contribution is 2.21. The number of aromatic nitrogens is 2. The second-order valence-electron chi connectivity index (χ2n) is 6.02. The van der Waals surface area contributed by atoms with Gasteiger partial charge in [-0.1, -0.05) is 18.2 Å². The zero-order valence-electron chi connectivity index (χ0n) is 13.3. The third-order valence-electron chi connectivity index (χ3n) is 4.34. The van der Waals surface area contributed by atoms with Crippen molar-refractivity contribution in [2.45, 2.75) is 25.7 Å². The molecule has 0 spiro atoms. The van der Waals surface area contributed by atoms with Gasteiger partial charge in [0.05, 0.1) is 19.4 Å². The Bertz CT molecular complexity index is 598. The van der Waals surface area contributed by atoms with Crippen LogP contribution in [0.25, 0.3) is 0 Å². The molecule has 1 saturated heterocycles. The van der Waals surface area contributed by atoms with Crippen LogP contribution in [0.1, 0.15) is 25.0 Å². The smallest absolute Gasteiger partial charge is 0.226 e. The summed E-state index contributed by atoms with van der Waals surface area (Å²) < 4.78 is 5.60. The van der Waals surface area contributed by atoms with E-state index in [2.05, 4.69) is 9.97 Å². The van der Waals surface area contributed by atoms with Gasteiger partial charge in [-0.2, -0.15) is 0 Å². The van der Waals surface area contributed by atoms with Crippen LogP contribution in [-0.4, -0.2) is 40.5 Å². The second-order valence-corrected chi connectivity index (χ2v) is 6.02. The monoisotopic (exact) mass is 313 g/mol. The molecule has 5 nitrogen and oxygen atoms in total. The standard InChI is InChI=1S/C18H23N3O2/c22-18(9-11-23-17-4-2-1-3-5-17)21-10-8-15(13-21)6-7-16-12-19-14-20-16/h1-5,12,14-15H,6-11,13H2,(H,19,20). The summed E-state index contributed by atoms with van der Waals surface area (Å²) in [5.41, 5.74) is 1.17. The zero-order valence-corrected chi connectivity index (χ0v) is 13.3. The predicted octanol–water partition coefficient (Wildman–Crippen LogP) is 2.66. The number of imidazole rings is 1. The molecule has 0 aliphatic carbocycles. The summed E-state index contributed by atoms with van der Waals surface area (Å²) in [5, 5.41) is 0. The number of hydrogen-bond donors (Lipinski definition) is 1. The average molecular weight is 313 g/mol. The van der Waals surface area contributed by atoms with E-state index in [4.69, 9.17) is 4.74 Å². The number of aromatic amines is 1. The summed E-state index contributed by atoms with van der Waals surface area (Å²) in [7, 11) is 0. The van der Waals surface area contributed by atoms with Gasteiger partial charge in [-0.05, 0) is 37.3 Å². The summed E-state index contributed by atoms with van der Waals surface area (Å²) in [6.07, 6.45) is 7.24. The van der Waals surface area contributed by atoms with Crippen LogP contribution in [0.2, 0.25) is 0 Å². The van der Waals surface area contributed by atoms with Crippen molar-refractivity contribution in [3.63, 3.8) is 0 Å². The first-order chi connectivity index (χ1) is 11.3. The normalized spacial score (nSPS) is 17.4. The van der Waals surface area contributed by atoms with E-state index in [1.807, 2.05) is 41.4 Å². The van der Waals surface area contributed by atoms with E-state index in [0.717, 1.165) is 38.1 Å². The third kappa shape index (κ3) is 4.58. The number of nitrogens with one attached hydrogen (secondary N) is 1. The minimum Gasteiger partial charge on any atom is -0.493 e. The number of hydrogen-bond acceptors (Lipinski definition) is 3. The maximum atomic E-state index is 12.2. The van der Waals surface area contributed by atoms with Crippen molar-refractivity contribution in [3.8, 4) is 5.75 Å². The van der Waals surface area contributed by atoms with Crippen molar-refractivity contribution in [3.05, 3.63) is 48.5 Å². The van der Waals surface area contributed by atoms with Crippen LogP contribution in [0.4, 0.5) is 0 Å². The van der Waals surface area contributed by atoms with Crippen molar-refractivity contribution in [1.29, 1.82) is 0 Å². The Morgan fingerprint density at radius 3 is 3.00 bits per heavy atom. The molecule has 1 aliphatic rings. The lowest BCUT2D eigenvalue weighted by Gasteiger charge is -2.16. The summed E-state index contributed by atoms with van der Waals surface area (Å²) in [4.78, 5) is 21.4. The van der Waals surface area contributed by atoms with E-state index in [0.29, 0.717) is 18.9 Å². The maximum absolute atomic E-state index is 12.2. The fourth-order valence-electron chi connectivity index (χ4n) is 3.01. The molecule has 0 radical (unpaired) electrons. The van der Waals surface area contributed by atoms with Crippen LogP contribution in [0, 0.1) is 5.92 Å². The van der Waals surface area contributed by atoms with E-state index in [9.17, 15) is 4.79 Å². The molecular weight excluding hydrogens is 290 g/mol. The molecule has 1 aromatic heterocycles. The van der Waals surface area contributed by atoms with Crippen molar-refractivity contribution in [1.82, 2.24) is 14.9 Å². The third-order valence-corrected chi connectivity index (χ3v) is 4.34. The first-order valence-electron chi connectivity index (χ1n) is 8.24. The largest absolute Gasteiger partial charge is 0.493 e.